The summed E-state index contributed by atoms with van der Waals surface area (Å²) in [5.41, 5.74) is 1.81. The molecule has 10 aliphatic rings. The van der Waals surface area contributed by atoms with Crippen molar-refractivity contribution >= 4 is 11.8 Å². The third kappa shape index (κ3) is 8.78. The van der Waals surface area contributed by atoms with E-state index in [-0.39, 0.29) is 6.10 Å². The van der Waals surface area contributed by atoms with Crippen molar-refractivity contribution in [3.05, 3.63) is 0 Å². The number of hydrogen-bond donors (Lipinski definition) is 1. The first-order chi connectivity index (χ1) is 31.0. The minimum atomic E-state index is -0.0844. The molecule has 0 aromatic carbocycles. The molecule has 10 fully saturated rings. The lowest BCUT2D eigenvalue weighted by Crippen LogP contribution is -2.58. The fraction of sp³-hybridized carbons (Fsp3) is 0.966. The molecule has 65 heavy (non-hydrogen) atoms. The number of aliphatic hydroxyl groups is 1. The third-order valence-corrected chi connectivity index (χ3v) is 24.2. The first-order valence-electron chi connectivity index (χ1n) is 28.8. The molecule has 0 bridgehead atoms. The van der Waals surface area contributed by atoms with Crippen LogP contribution in [0.25, 0.3) is 0 Å². The highest BCUT2D eigenvalue weighted by Crippen LogP contribution is 2.71. The maximum absolute atomic E-state index is 12.7. The second kappa shape index (κ2) is 19.2. The maximum Gasteiger partial charge on any atom is 0.222 e. The lowest BCUT2D eigenvalue weighted by molar-refractivity contribution is -0.176. The molecule has 2 aliphatic heterocycles. The lowest BCUT2D eigenvalue weighted by Gasteiger charge is -2.63. The van der Waals surface area contributed by atoms with E-state index in [9.17, 15) is 14.7 Å². The number of amides is 2. The molecular weight excluding hydrogens is 801 g/mol. The van der Waals surface area contributed by atoms with E-state index in [4.69, 9.17) is 4.74 Å². The second-order valence-electron chi connectivity index (χ2n) is 27.2. The van der Waals surface area contributed by atoms with Gasteiger partial charge in [-0.25, -0.2) is 0 Å². The fourth-order valence-electron chi connectivity index (χ4n) is 20.4. The monoisotopic (exact) mass is 901 g/mol. The Bertz CT molecular complexity index is 1660. The highest BCUT2D eigenvalue weighted by molar-refractivity contribution is 5.76. The van der Waals surface area contributed by atoms with E-state index in [1.54, 1.807) is 0 Å². The summed E-state index contributed by atoms with van der Waals surface area (Å²) in [6.45, 7) is 24.3. The van der Waals surface area contributed by atoms with Gasteiger partial charge in [-0.2, -0.15) is 0 Å². The highest BCUT2D eigenvalue weighted by atomic mass is 16.5. The average Bonchev–Trinajstić information content (AvgIpc) is 4.13. The van der Waals surface area contributed by atoms with E-state index in [0.717, 1.165) is 117 Å². The normalized spacial score (nSPS) is 48.7. The third-order valence-electron chi connectivity index (χ3n) is 24.2. The predicted octanol–water partition coefficient (Wildman–Crippen LogP) is 13.2. The Morgan fingerprint density at radius 1 is 0.554 bits per heavy atom. The van der Waals surface area contributed by atoms with Crippen LogP contribution in [0, 0.1) is 105 Å². The van der Waals surface area contributed by atoms with Crippen LogP contribution in [-0.4, -0.2) is 72.2 Å². The molecule has 1 N–H and O–H groups in total. The Kier molecular flexibility index (Phi) is 14.5. The molecule has 370 valence electrons. The average molecular weight is 901 g/mol. The number of carbonyl (C=O) groups excluding carboxylic acids is 2. The van der Waals surface area contributed by atoms with Gasteiger partial charge in [0.25, 0.3) is 0 Å². The van der Waals surface area contributed by atoms with Crippen LogP contribution in [-0.2, 0) is 14.3 Å². The molecule has 2 saturated heterocycles. The number of fused-ring (bicyclic) bond motifs is 10. The summed E-state index contributed by atoms with van der Waals surface area (Å²) in [5, 5.41) is 11.5. The molecule has 0 radical (unpaired) electrons. The van der Waals surface area contributed by atoms with Crippen LogP contribution in [0.5, 0.6) is 0 Å². The van der Waals surface area contributed by atoms with Gasteiger partial charge < -0.3 is 19.6 Å². The van der Waals surface area contributed by atoms with Gasteiger partial charge in [-0.15, -0.1) is 0 Å². The van der Waals surface area contributed by atoms with Crippen LogP contribution in [0.15, 0.2) is 0 Å². The number of rotatable bonds is 9. The van der Waals surface area contributed by atoms with E-state index >= 15 is 0 Å². The lowest BCUT2D eigenvalue weighted by atomic mass is 9.43. The van der Waals surface area contributed by atoms with E-state index < -0.39 is 0 Å². The zero-order valence-electron chi connectivity index (χ0n) is 43.6. The van der Waals surface area contributed by atoms with Gasteiger partial charge in [-0.05, 0) is 233 Å². The molecule has 8 saturated carbocycles. The van der Waals surface area contributed by atoms with Crippen molar-refractivity contribution < 1.29 is 19.4 Å². The van der Waals surface area contributed by atoms with E-state index in [2.05, 4.69) is 65.2 Å². The van der Waals surface area contributed by atoms with Gasteiger partial charge >= 0.3 is 0 Å². The van der Waals surface area contributed by atoms with E-state index in [1.165, 1.54) is 122 Å². The number of aliphatic hydroxyl groups excluding tert-OH is 1. The first kappa shape index (κ1) is 48.9. The topological polar surface area (TPSA) is 70.1 Å². The fourth-order valence-corrected chi connectivity index (χ4v) is 20.4. The minimum absolute atomic E-state index is 0.0844. The molecule has 8 aliphatic carbocycles. The van der Waals surface area contributed by atoms with E-state index in [0.29, 0.717) is 63.2 Å². The van der Waals surface area contributed by atoms with Crippen molar-refractivity contribution in [1.29, 1.82) is 0 Å². The second-order valence-corrected chi connectivity index (χ2v) is 27.2. The molecule has 6 nitrogen and oxygen atoms in total. The quantitative estimate of drug-likeness (QED) is 0.250. The minimum Gasteiger partial charge on any atom is -0.393 e. The van der Waals surface area contributed by atoms with Gasteiger partial charge in [0.05, 0.1) is 12.2 Å². The van der Waals surface area contributed by atoms with Gasteiger partial charge in [0.1, 0.15) is 0 Å². The zero-order valence-corrected chi connectivity index (χ0v) is 43.6. The Morgan fingerprint density at radius 2 is 0.954 bits per heavy atom. The Hall–Kier alpha value is -1.14. The standard InChI is InChI=1S/C30H51NO2.C29H49NO2/c1-20-12-14-29(3)22(18-20)19-26(33-5)28-24-10-9-23(30(24,4)15-13-25(28)29)21(2)8-11-27(32)31-16-6-7-17-31;1-19-11-13-28(3)21(17-19)18-25(31)27-23-9-8-22(29(23,4)14-12-24(27)28)20(2)7-10-26(32)30-15-5-6-16-30/h20-26,28H,6-19H2,1-5H3;19-25,27,31H,5-18H2,1-4H3/t20-,21-,22+,23-,24+,25+,26-,28+,29+,30-;19-,20-,21+,22-,23+,24+,25-,27+,28+,29-/m11/s1. The number of ether oxygens (including phenoxy) is 1. The molecule has 2 heterocycles. The highest BCUT2D eigenvalue weighted by Gasteiger charge is 2.64. The molecule has 0 spiro atoms. The molecule has 0 unspecified atom stereocenters. The molecule has 2 amide bonds. The smallest absolute Gasteiger partial charge is 0.222 e. The van der Waals surface area contributed by atoms with Crippen LogP contribution in [0.1, 0.15) is 209 Å². The first-order valence-corrected chi connectivity index (χ1v) is 28.8. The number of methoxy groups -OCH3 is 1. The van der Waals surface area contributed by atoms with Crippen LogP contribution >= 0.6 is 0 Å². The molecule has 6 heteroatoms. The predicted molar refractivity (Wildman–Crippen MR) is 265 cm³/mol. The number of carbonyl (C=O) groups is 2. The van der Waals surface area contributed by atoms with Gasteiger partial charge in [0.15, 0.2) is 0 Å². The largest absolute Gasteiger partial charge is 0.393 e. The van der Waals surface area contributed by atoms with E-state index in [1.807, 2.05) is 7.11 Å². The summed E-state index contributed by atoms with van der Waals surface area (Å²) >= 11 is 0. The van der Waals surface area contributed by atoms with Crippen molar-refractivity contribution in [3.8, 4) is 0 Å². The molecule has 10 rings (SSSR count). The summed E-state index contributed by atoms with van der Waals surface area (Å²) in [5.74, 6) is 11.3. The Labute approximate surface area is 399 Å². The van der Waals surface area contributed by atoms with Gasteiger partial charge in [0.2, 0.25) is 11.8 Å². The SMILES string of the molecule is CO[C@@H]1C[C@@H]2C[C@H](C)CC[C@]2(C)[C@H]2CC[C@]3(C)[C@@H]([C@H](C)CCC(=O)N4CCCC4)CC[C@H]3[C@H]12.C[C@@H]1CC[C@@]2(C)[C@@H](C1)C[C@@H](O)[C@@H]1[C@@H]2CC[C@]2(C)[C@@H]([C@H](C)CCC(=O)N3CCCC3)CC[C@@H]12. The van der Waals surface area contributed by atoms with Gasteiger partial charge in [0, 0.05) is 46.1 Å². The van der Waals surface area contributed by atoms with Crippen molar-refractivity contribution in [2.45, 2.75) is 222 Å². The number of likely N-dealkylation sites (tertiary alicyclic amines) is 2. The van der Waals surface area contributed by atoms with Crippen LogP contribution in [0.3, 0.4) is 0 Å². The molecular formula is C59H100N2O4. The van der Waals surface area contributed by atoms with Crippen LogP contribution in [0.4, 0.5) is 0 Å². The summed E-state index contributed by atoms with van der Waals surface area (Å²) in [6, 6.07) is 0. The summed E-state index contributed by atoms with van der Waals surface area (Å²) in [7, 11) is 2.00. The van der Waals surface area contributed by atoms with Crippen molar-refractivity contribution in [1.82, 2.24) is 9.80 Å². The molecule has 20 atom stereocenters. The van der Waals surface area contributed by atoms with Crippen LogP contribution in [0.2, 0.25) is 0 Å². The number of hydrogen-bond acceptors (Lipinski definition) is 4. The van der Waals surface area contributed by atoms with Gasteiger partial charge in [-0.3, -0.25) is 9.59 Å². The van der Waals surface area contributed by atoms with Crippen molar-refractivity contribution in [2.24, 2.45) is 105 Å². The summed E-state index contributed by atoms with van der Waals surface area (Å²) in [6.07, 6.45) is 30.4. The number of nitrogens with zero attached hydrogens (tertiary/aromatic N) is 2. The Balaban J connectivity index is 0.000000164. The van der Waals surface area contributed by atoms with Crippen molar-refractivity contribution in [3.63, 3.8) is 0 Å². The zero-order chi connectivity index (χ0) is 46.1. The van der Waals surface area contributed by atoms with Gasteiger partial charge in [-0.1, -0.05) is 68.2 Å². The van der Waals surface area contributed by atoms with Crippen molar-refractivity contribution in [2.75, 3.05) is 33.3 Å². The molecule has 0 aromatic heterocycles. The van der Waals surface area contributed by atoms with Crippen LogP contribution < -0.4 is 0 Å². The summed E-state index contributed by atoms with van der Waals surface area (Å²) < 4.78 is 6.32. The summed E-state index contributed by atoms with van der Waals surface area (Å²) in [4.78, 5) is 29.6. The Morgan fingerprint density at radius 3 is 1.42 bits per heavy atom. The molecule has 0 aromatic rings. The maximum atomic E-state index is 12.7.